The number of carbonyl (C=O) groups excluding carboxylic acids is 1. The van der Waals surface area contributed by atoms with Crippen molar-refractivity contribution in [3.8, 4) is 11.5 Å². The molecular weight excluding hydrogens is 1790 g/mol. The number of pyridine rings is 6. The number of nitrogens with two attached hydrogens (primary N) is 2. The summed E-state index contributed by atoms with van der Waals surface area (Å²) in [6.45, 7) is 13.6. The van der Waals surface area contributed by atoms with Crippen LogP contribution in [0.25, 0.3) is 20.9 Å². The number of nitrogens with zero attached hydrogens (tertiary/aromatic N) is 12. The Morgan fingerprint density at radius 1 is 0.533 bits per heavy atom. The molecule has 6 aromatic heterocycles. The summed E-state index contributed by atoms with van der Waals surface area (Å²) in [5, 5.41) is 13.2. The van der Waals surface area contributed by atoms with Gasteiger partial charge in [-0.15, -0.1) is 0 Å². The maximum Gasteiger partial charge on any atom is 0.525 e. The van der Waals surface area contributed by atoms with Gasteiger partial charge in [-0.3, -0.25) is 34.7 Å². The standard InChI is InChI=1S/C14H18BrNO3.C12H10N3O3P.C11H14BrNO3S.C8H7BrN4O.2C8H9BrN2O.C8H8BrNO2/c1-14(2,3)19-13(17)4-9-7-18-8-11-10(9)5-16-6-12(11)15;13-14-15-19(16,17-11-7-3-1-4-8-11)18-12-9-5-2-6-10-12;1-2-17(14,15)7-8-5-16-6-10-9(8)3-13-4-11(10)12;9-7-2-11-1-5-6(7)3-14-4-8(5)12-13-10;2*9-7-2-11-1-5-6(7)3-12-4-8(5)10;9-7-2-10-1-5-6(7)3-12-4-8(5)11/h5-6,9H,4,7-8H2,1-3H3;1-10H;3-4,8H,2,5-7H2,1H3;1-2,8H,3-4H2;2*1-2,8H,3-4,10H2;1-2,8,11H,3-4H2. The topological polar surface area (TPSA) is 398 Å². The van der Waals surface area contributed by atoms with Crippen molar-refractivity contribution in [1.29, 1.82) is 0 Å². The molecule has 6 unspecified atom stereocenters. The van der Waals surface area contributed by atoms with Crippen molar-refractivity contribution < 1.29 is 65.1 Å². The monoisotopic (exact) mass is 1860 g/mol. The molecule has 5 N–H and O–H groups in total. The fraction of sp³-hybridized carbons (Fsp3) is 0.377. The normalized spacial score (nSPS) is 18.7. The van der Waals surface area contributed by atoms with E-state index in [9.17, 15) is 22.9 Å². The molecule has 0 saturated carbocycles. The zero-order valence-corrected chi connectivity index (χ0v) is 68.4. The van der Waals surface area contributed by atoms with E-state index in [2.05, 4.69) is 145 Å². The van der Waals surface area contributed by atoms with E-state index in [-0.39, 0.29) is 47.4 Å². The van der Waals surface area contributed by atoms with Crippen LogP contribution in [-0.4, -0.2) is 106 Å². The molecule has 6 aliphatic heterocycles. The number of aliphatic hydroxyl groups excluding tert-OH is 1. The lowest BCUT2D eigenvalue weighted by Crippen LogP contribution is -2.27. The number of azide groups is 2. The zero-order chi connectivity index (χ0) is 75.7. The van der Waals surface area contributed by atoms with Crippen LogP contribution in [0.2, 0.25) is 0 Å². The highest BCUT2D eigenvalue weighted by atomic mass is 79.9. The van der Waals surface area contributed by atoms with Crippen LogP contribution < -0.4 is 20.5 Å². The molecule has 6 aliphatic rings. The number of ether oxygens (including phenoxy) is 7. The van der Waals surface area contributed by atoms with E-state index in [0.717, 1.165) is 93.6 Å². The Balaban J connectivity index is 0.000000156. The number of fused-ring (bicyclic) bond motifs is 6. The third-order valence-electron chi connectivity index (χ3n) is 15.9. The average Bonchev–Trinajstić information content (AvgIpc) is 0.839. The third kappa shape index (κ3) is 25.4. The molecule has 0 radical (unpaired) electrons. The number of aliphatic hydroxyl groups is 1. The van der Waals surface area contributed by atoms with Crippen molar-refractivity contribution in [2.45, 2.75) is 115 Å². The Hall–Kier alpha value is -6.27. The summed E-state index contributed by atoms with van der Waals surface area (Å²) in [5.74, 6) is 0.615. The van der Waals surface area contributed by atoms with Crippen molar-refractivity contribution in [3.05, 3.63) is 250 Å². The highest BCUT2D eigenvalue weighted by Gasteiger charge is 2.31. The van der Waals surface area contributed by atoms with Gasteiger partial charge >= 0.3 is 13.7 Å². The SMILES string of the molecule is CC(C)(C)OC(=O)CC1COCc2c(Br)cncc21.CCS(=O)(=O)CC1COCc2c(Br)cncc21.NC1COCc2c(Br)cncc21.NC1COCc2c(Br)cncc21.OC1COCc2c(Br)cncc21.[N-]=[N+]=NC1COCc2c(Br)cncc21.[N-]=[N+]=NP(=O)(Oc1ccccc1)Oc1ccccc1. The Morgan fingerprint density at radius 2 is 0.886 bits per heavy atom. The van der Waals surface area contributed by atoms with Gasteiger partial charge in [-0.05, 0) is 207 Å². The van der Waals surface area contributed by atoms with Crippen LogP contribution in [0, 0.1) is 0 Å². The van der Waals surface area contributed by atoms with Gasteiger partial charge in [0, 0.05) is 145 Å². The molecule has 12 heterocycles. The maximum absolute atomic E-state index is 12.3. The van der Waals surface area contributed by atoms with Crippen LogP contribution >= 0.6 is 103 Å². The number of carbonyl (C=O) groups is 1. The van der Waals surface area contributed by atoms with E-state index in [1.54, 1.807) is 123 Å². The van der Waals surface area contributed by atoms with Crippen LogP contribution in [0.3, 0.4) is 0 Å². The quantitative estimate of drug-likeness (QED) is 0.0356. The lowest BCUT2D eigenvalue weighted by molar-refractivity contribution is -0.155. The fourth-order valence-electron chi connectivity index (χ4n) is 10.8. The molecule has 6 atom stereocenters. The molecule has 36 heteroatoms. The first-order chi connectivity index (χ1) is 50.3. The molecule has 0 bridgehead atoms. The van der Waals surface area contributed by atoms with Crippen molar-refractivity contribution in [2.75, 3.05) is 51.1 Å². The summed E-state index contributed by atoms with van der Waals surface area (Å²) in [4.78, 5) is 44.8. The second-order valence-electron chi connectivity index (χ2n) is 24.5. The summed E-state index contributed by atoms with van der Waals surface area (Å²) in [5.41, 5.74) is 40.5. The molecule has 2 aromatic carbocycles. The number of para-hydroxylation sites is 2. The van der Waals surface area contributed by atoms with Gasteiger partial charge in [0.2, 0.25) is 0 Å². The number of rotatable bonds is 11. The summed E-state index contributed by atoms with van der Waals surface area (Å²) in [6.07, 6.45) is 20.8. The number of benzene rings is 2. The molecule has 0 fully saturated rings. The van der Waals surface area contributed by atoms with E-state index >= 15 is 0 Å². The van der Waals surface area contributed by atoms with E-state index in [0.29, 0.717) is 97.2 Å². The number of hydrogen-bond donors (Lipinski definition) is 3. The minimum atomic E-state index is -3.95. The summed E-state index contributed by atoms with van der Waals surface area (Å²) >= 11 is 20.4. The van der Waals surface area contributed by atoms with E-state index < -0.39 is 29.3 Å². The Bertz CT molecular complexity index is 4310. The first-order valence-corrected chi connectivity index (χ1v) is 40.4. The number of esters is 1. The largest absolute Gasteiger partial charge is 0.525 e. The Morgan fingerprint density at radius 3 is 1.29 bits per heavy atom. The number of hydrogen-bond acceptors (Lipinski definition) is 23. The van der Waals surface area contributed by atoms with Crippen molar-refractivity contribution >= 4 is 119 Å². The average molecular weight is 1870 g/mol. The number of sulfone groups is 1. The minimum absolute atomic E-state index is 0.0172. The van der Waals surface area contributed by atoms with Gasteiger partial charge in [0.1, 0.15) is 23.2 Å². The van der Waals surface area contributed by atoms with Crippen molar-refractivity contribution in [3.63, 3.8) is 0 Å². The smallest absolute Gasteiger partial charge is 0.460 e. The Labute approximate surface area is 657 Å². The molecule has 8 aromatic rings. The van der Waals surface area contributed by atoms with Crippen LogP contribution in [-0.2, 0) is 92.0 Å². The van der Waals surface area contributed by atoms with Crippen molar-refractivity contribution in [2.24, 2.45) is 21.5 Å². The summed E-state index contributed by atoms with van der Waals surface area (Å²) < 4.78 is 89.0. The highest BCUT2D eigenvalue weighted by Crippen LogP contribution is 2.50. The number of aromatic nitrogens is 6. The molecule has 105 heavy (non-hydrogen) atoms. The predicted molar refractivity (Wildman–Crippen MR) is 411 cm³/mol. The van der Waals surface area contributed by atoms with Crippen LogP contribution in [0.1, 0.15) is 137 Å². The molecule has 0 amide bonds. The minimum Gasteiger partial charge on any atom is -0.460 e. The van der Waals surface area contributed by atoms with E-state index in [4.69, 9.17) is 64.7 Å². The second kappa shape index (κ2) is 41.3. The summed E-state index contributed by atoms with van der Waals surface area (Å²) in [6, 6.07) is 16.4. The van der Waals surface area contributed by atoms with Gasteiger partial charge in [-0.1, -0.05) is 48.4 Å². The molecule has 558 valence electrons. The zero-order valence-electron chi connectivity index (χ0n) is 57.2. The van der Waals surface area contributed by atoms with Gasteiger partial charge in [0.05, 0.1) is 110 Å². The van der Waals surface area contributed by atoms with Crippen LogP contribution in [0.4, 0.5) is 0 Å². The lowest BCUT2D eigenvalue weighted by atomic mass is 9.92. The van der Waals surface area contributed by atoms with Gasteiger partial charge in [0.25, 0.3) is 0 Å². The fourth-order valence-corrected chi connectivity index (χ4v) is 15.6. The molecule has 0 aliphatic carbocycles. The van der Waals surface area contributed by atoms with E-state index in [1.807, 2.05) is 39.4 Å². The van der Waals surface area contributed by atoms with E-state index in [1.165, 1.54) is 0 Å². The number of halogens is 6. The molecule has 28 nitrogen and oxygen atoms in total. The first kappa shape index (κ1) is 84.4. The Kier molecular flexibility index (Phi) is 33.2. The van der Waals surface area contributed by atoms with Gasteiger partial charge in [-0.2, -0.15) is 0 Å². The van der Waals surface area contributed by atoms with Crippen molar-refractivity contribution in [1.82, 2.24) is 29.9 Å². The van der Waals surface area contributed by atoms with Gasteiger partial charge in [-0.25, -0.2) is 13.0 Å². The molecular formula is C69H75Br6N14O14PS. The first-order valence-electron chi connectivity index (χ1n) is 32.3. The lowest BCUT2D eigenvalue weighted by Gasteiger charge is -2.27. The highest BCUT2D eigenvalue weighted by molar-refractivity contribution is 9.11. The van der Waals surface area contributed by atoms with Gasteiger partial charge in [0.15, 0.2) is 9.84 Å². The maximum atomic E-state index is 12.3. The molecule has 14 rings (SSSR count). The van der Waals surface area contributed by atoms with Crippen LogP contribution in [0.15, 0.2) is 172 Å². The van der Waals surface area contributed by atoms with Crippen LogP contribution in [0.5, 0.6) is 11.5 Å². The molecule has 0 spiro atoms. The second-order valence-corrected chi connectivity index (χ2v) is 33.5. The molecule has 0 saturated heterocycles. The van der Waals surface area contributed by atoms with Gasteiger partial charge < -0.3 is 58.8 Å². The predicted octanol–water partition coefficient (Wildman–Crippen LogP) is 16.5. The third-order valence-corrected chi connectivity index (χ3v) is 23.0. The summed E-state index contributed by atoms with van der Waals surface area (Å²) in [7, 11) is -6.95.